The Kier molecular flexibility index (Phi) is 4.93. The van der Waals surface area contributed by atoms with Crippen molar-refractivity contribution in [1.82, 2.24) is 19.9 Å². The van der Waals surface area contributed by atoms with Crippen LogP contribution in [0, 0.1) is 20.8 Å². The summed E-state index contributed by atoms with van der Waals surface area (Å²) in [6.45, 7) is 6.70. The van der Waals surface area contributed by atoms with Crippen LogP contribution in [-0.4, -0.2) is 25.8 Å². The molecular weight excluding hydrogens is 312 g/mol. The van der Waals surface area contributed by atoms with Crippen LogP contribution < -0.4 is 0 Å². The van der Waals surface area contributed by atoms with Crippen molar-refractivity contribution in [2.24, 2.45) is 0 Å². The van der Waals surface area contributed by atoms with Crippen LogP contribution in [0.5, 0.6) is 0 Å². The molecule has 3 aromatic heterocycles. The molecule has 3 aromatic rings. The van der Waals surface area contributed by atoms with E-state index in [1.807, 2.05) is 63.2 Å². The average Bonchev–Trinajstić information content (AvgIpc) is 3.00. The number of carbonyl (C=O) groups is 1. The number of hydrogen-bond donors (Lipinski definition) is 1. The highest BCUT2D eigenvalue weighted by Gasteiger charge is 2.20. The molecule has 0 atom stereocenters. The maximum Gasteiger partial charge on any atom is 0.256 e. The van der Waals surface area contributed by atoms with Gasteiger partial charge in [0.05, 0.1) is 30.0 Å². The summed E-state index contributed by atoms with van der Waals surface area (Å²) in [6.07, 6.45) is 1.79. The van der Waals surface area contributed by atoms with Gasteiger partial charge in [-0.1, -0.05) is 12.1 Å². The fourth-order valence-corrected chi connectivity index (χ4v) is 2.82. The minimum absolute atomic E-state index is 0.0228. The molecule has 0 aromatic carbocycles. The highest BCUT2D eigenvalue weighted by molar-refractivity contribution is 5.95. The molecule has 0 spiro atoms. The van der Waals surface area contributed by atoms with Gasteiger partial charge in [0, 0.05) is 23.3 Å². The Morgan fingerprint density at radius 1 is 0.920 bits per heavy atom. The molecule has 0 aliphatic carbocycles. The molecule has 0 unspecified atom stereocenters. The number of carbonyl (C=O) groups excluding carboxylic acids is 1. The third-order valence-electron chi connectivity index (χ3n) is 4.07. The van der Waals surface area contributed by atoms with Crippen LogP contribution in [0.4, 0.5) is 0 Å². The number of nitrogens with zero attached hydrogens (tertiary/aromatic N) is 3. The molecule has 5 nitrogen and oxygen atoms in total. The maximum absolute atomic E-state index is 13.1. The van der Waals surface area contributed by atoms with E-state index in [-0.39, 0.29) is 5.91 Å². The van der Waals surface area contributed by atoms with E-state index < -0.39 is 0 Å². The molecule has 128 valence electrons. The normalized spacial score (nSPS) is 10.7. The topological polar surface area (TPSA) is 61.9 Å². The number of rotatable bonds is 5. The number of nitrogens with one attached hydrogen (secondary N) is 1. The summed E-state index contributed by atoms with van der Waals surface area (Å²) in [7, 11) is 0. The summed E-state index contributed by atoms with van der Waals surface area (Å²) in [5.41, 5.74) is 5.17. The first-order chi connectivity index (χ1) is 12.0. The second-order valence-electron chi connectivity index (χ2n) is 6.22. The van der Waals surface area contributed by atoms with Crippen molar-refractivity contribution < 1.29 is 4.79 Å². The lowest BCUT2D eigenvalue weighted by Crippen LogP contribution is -2.31. The van der Waals surface area contributed by atoms with Gasteiger partial charge in [0.15, 0.2) is 0 Å². The van der Waals surface area contributed by atoms with Crippen molar-refractivity contribution in [2.75, 3.05) is 0 Å². The third kappa shape index (κ3) is 4.12. The predicted molar refractivity (Wildman–Crippen MR) is 97.1 cm³/mol. The molecular formula is C20H22N4O. The molecule has 0 fully saturated rings. The summed E-state index contributed by atoms with van der Waals surface area (Å²) in [6, 6.07) is 13.5. The van der Waals surface area contributed by atoms with Gasteiger partial charge in [-0.05, 0) is 51.1 Å². The lowest BCUT2D eigenvalue weighted by Gasteiger charge is -2.22. The Hall–Kier alpha value is -2.95. The summed E-state index contributed by atoms with van der Waals surface area (Å²) < 4.78 is 0. The molecule has 25 heavy (non-hydrogen) atoms. The number of aryl methyl sites for hydroxylation is 3. The van der Waals surface area contributed by atoms with E-state index in [1.165, 1.54) is 0 Å². The molecule has 0 aliphatic heterocycles. The molecule has 0 aliphatic rings. The van der Waals surface area contributed by atoms with E-state index in [0.29, 0.717) is 18.7 Å². The van der Waals surface area contributed by atoms with Crippen molar-refractivity contribution in [3.63, 3.8) is 0 Å². The third-order valence-corrected chi connectivity index (χ3v) is 4.07. The van der Waals surface area contributed by atoms with Crippen LogP contribution >= 0.6 is 0 Å². The molecule has 0 radical (unpaired) electrons. The summed E-state index contributed by atoms with van der Waals surface area (Å²) in [5, 5.41) is 0. The zero-order valence-electron chi connectivity index (χ0n) is 14.8. The van der Waals surface area contributed by atoms with Crippen molar-refractivity contribution >= 4 is 5.91 Å². The van der Waals surface area contributed by atoms with Crippen molar-refractivity contribution in [3.8, 4) is 0 Å². The maximum atomic E-state index is 13.1. The summed E-state index contributed by atoms with van der Waals surface area (Å²) in [4.78, 5) is 27.0. The number of aromatic nitrogens is 3. The SMILES string of the molecule is Cc1cccc(CN(Cc2cccc(C)n2)C(=O)c2cc[nH]c2C)n1. The minimum Gasteiger partial charge on any atom is -0.365 e. The van der Waals surface area contributed by atoms with Crippen molar-refractivity contribution in [1.29, 1.82) is 0 Å². The molecule has 1 N–H and O–H groups in total. The quantitative estimate of drug-likeness (QED) is 0.776. The largest absolute Gasteiger partial charge is 0.365 e. The lowest BCUT2D eigenvalue weighted by atomic mass is 10.2. The number of amides is 1. The van der Waals surface area contributed by atoms with Gasteiger partial charge in [0.25, 0.3) is 5.91 Å². The Morgan fingerprint density at radius 2 is 1.48 bits per heavy atom. The van der Waals surface area contributed by atoms with Crippen LogP contribution in [-0.2, 0) is 13.1 Å². The molecule has 3 heterocycles. The van der Waals surface area contributed by atoms with E-state index in [9.17, 15) is 4.79 Å². The number of hydrogen-bond acceptors (Lipinski definition) is 3. The van der Waals surface area contributed by atoms with Crippen LogP contribution in [0.2, 0.25) is 0 Å². The standard InChI is InChI=1S/C20H22N4O/c1-14-6-4-8-17(22-14)12-24(13-18-9-5-7-15(2)23-18)20(25)19-10-11-21-16(19)3/h4-11,21H,12-13H2,1-3H3. The summed E-state index contributed by atoms with van der Waals surface area (Å²) in [5.74, 6) is -0.0228. The van der Waals surface area contributed by atoms with Gasteiger partial charge < -0.3 is 9.88 Å². The van der Waals surface area contributed by atoms with E-state index in [1.54, 1.807) is 11.1 Å². The van der Waals surface area contributed by atoms with Crippen LogP contribution in [0.3, 0.4) is 0 Å². The monoisotopic (exact) mass is 334 g/mol. The van der Waals surface area contributed by atoms with Gasteiger partial charge in [-0.3, -0.25) is 14.8 Å². The smallest absolute Gasteiger partial charge is 0.256 e. The first-order valence-electron chi connectivity index (χ1n) is 8.31. The zero-order chi connectivity index (χ0) is 17.8. The predicted octanol–water partition coefficient (Wildman–Crippen LogP) is 3.57. The first-order valence-corrected chi connectivity index (χ1v) is 8.31. The lowest BCUT2D eigenvalue weighted by molar-refractivity contribution is 0.0725. The van der Waals surface area contributed by atoms with Crippen LogP contribution in [0.25, 0.3) is 0 Å². The van der Waals surface area contributed by atoms with Gasteiger partial charge in [-0.25, -0.2) is 0 Å². The molecule has 1 amide bonds. The summed E-state index contributed by atoms with van der Waals surface area (Å²) >= 11 is 0. The van der Waals surface area contributed by atoms with Crippen molar-refractivity contribution in [2.45, 2.75) is 33.9 Å². The van der Waals surface area contributed by atoms with E-state index in [4.69, 9.17) is 0 Å². The number of aromatic amines is 1. The Labute approximate surface area is 147 Å². The Morgan fingerprint density at radius 3 is 1.92 bits per heavy atom. The fourth-order valence-electron chi connectivity index (χ4n) is 2.82. The Bertz CT molecular complexity index is 837. The van der Waals surface area contributed by atoms with Crippen molar-refractivity contribution in [3.05, 3.63) is 82.7 Å². The zero-order valence-corrected chi connectivity index (χ0v) is 14.8. The van der Waals surface area contributed by atoms with E-state index in [2.05, 4.69) is 15.0 Å². The van der Waals surface area contributed by atoms with Gasteiger partial charge in [0.1, 0.15) is 0 Å². The second-order valence-corrected chi connectivity index (χ2v) is 6.22. The van der Waals surface area contributed by atoms with E-state index >= 15 is 0 Å². The fraction of sp³-hybridized carbons (Fsp3) is 0.250. The highest BCUT2D eigenvalue weighted by atomic mass is 16.2. The van der Waals surface area contributed by atoms with Crippen LogP contribution in [0.15, 0.2) is 48.7 Å². The molecule has 0 saturated carbocycles. The van der Waals surface area contributed by atoms with Gasteiger partial charge >= 0.3 is 0 Å². The number of pyridine rings is 2. The molecule has 0 bridgehead atoms. The van der Waals surface area contributed by atoms with Gasteiger partial charge in [-0.2, -0.15) is 0 Å². The average molecular weight is 334 g/mol. The minimum atomic E-state index is -0.0228. The molecule has 0 saturated heterocycles. The first kappa shape index (κ1) is 16.9. The second kappa shape index (κ2) is 7.30. The molecule has 5 heteroatoms. The van der Waals surface area contributed by atoms with Gasteiger partial charge in [0.2, 0.25) is 0 Å². The molecule has 3 rings (SSSR count). The highest BCUT2D eigenvalue weighted by Crippen LogP contribution is 2.15. The Balaban J connectivity index is 1.90. The number of H-pyrrole nitrogens is 1. The van der Waals surface area contributed by atoms with Gasteiger partial charge in [-0.15, -0.1) is 0 Å². The van der Waals surface area contributed by atoms with Crippen LogP contribution in [0.1, 0.15) is 38.8 Å². The van der Waals surface area contributed by atoms with E-state index in [0.717, 1.165) is 28.5 Å².